The van der Waals surface area contributed by atoms with Crippen LogP contribution in [-0.4, -0.2) is 36.6 Å². The number of carbonyl (C=O) groups is 1. The van der Waals surface area contributed by atoms with Crippen molar-refractivity contribution in [1.82, 2.24) is 4.90 Å². The topological polar surface area (TPSA) is 79.3 Å². The lowest BCUT2D eigenvalue weighted by Crippen LogP contribution is -2.45. The van der Waals surface area contributed by atoms with E-state index in [9.17, 15) is 4.79 Å². The highest BCUT2D eigenvalue weighted by atomic mass is 32.1. The molecule has 108 valence electrons. The standard InChI is InChI=1S/C15H15N3O2S/c1-9-2-3-11-12(6-9)21-14(13(11)17)15(19)18-4-5-20-10(7-16)8-18/h2-3,6,10H,4-5,8,17H2,1H3. The summed E-state index contributed by atoms with van der Waals surface area (Å²) >= 11 is 1.41. The number of ether oxygens (including phenoxy) is 1. The predicted molar refractivity (Wildman–Crippen MR) is 82.2 cm³/mol. The molecule has 0 aliphatic carbocycles. The number of aryl methyl sites for hydroxylation is 1. The van der Waals surface area contributed by atoms with E-state index in [0.717, 1.165) is 15.6 Å². The quantitative estimate of drug-likeness (QED) is 0.875. The summed E-state index contributed by atoms with van der Waals surface area (Å²) in [6, 6.07) is 8.01. The molecule has 1 unspecified atom stereocenters. The summed E-state index contributed by atoms with van der Waals surface area (Å²) in [4.78, 5) is 14.8. The van der Waals surface area contributed by atoms with Gasteiger partial charge < -0.3 is 15.4 Å². The van der Waals surface area contributed by atoms with Gasteiger partial charge >= 0.3 is 0 Å². The molecule has 1 fully saturated rings. The third-order valence-electron chi connectivity index (χ3n) is 3.58. The van der Waals surface area contributed by atoms with Gasteiger partial charge in [-0.15, -0.1) is 11.3 Å². The summed E-state index contributed by atoms with van der Waals surface area (Å²) < 4.78 is 6.28. The number of morpholine rings is 1. The van der Waals surface area contributed by atoms with Gasteiger partial charge in [0, 0.05) is 16.6 Å². The molecule has 6 heteroatoms. The van der Waals surface area contributed by atoms with Crippen LogP contribution in [0.5, 0.6) is 0 Å². The van der Waals surface area contributed by atoms with Crippen molar-refractivity contribution in [3.8, 4) is 6.07 Å². The van der Waals surface area contributed by atoms with Crippen LogP contribution in [0.1, 0.15) is 15.2 Å². The van der Waals surface area contributed by atoms with Gasteiger partial charge in [-0.1, -0.05) is 12.1 Å². The lowest BCUT2D eigenvalue weighted by molar-refractivity contribution is 0.00374. The average molecular weight is 301 g/mol. The van der Waals surface area contributed by atoms with Crippen LogP contribution in [0.3, 0.4) is 0 Å². The van der Waals surface area contributed by atoms with Crippen molar-refractivity contribution in [3.05, 3.63) is 28.6 Å². The van der Waals surface area contributed by atoms with Crippen molar-refractivity contribution in [2.24, 2.45) is 0 Å². The number of rotatable bonds is 1. The van der Waals surface area contributed by atoms with E-state index in [1.165, 1.54) is 11.3 Å². The summed E-state index contributed by atoms with van der Waals surface area (Å²) in [6.07, 6.45) is -0.555. The molecular weight excluding hydrogens is 286 g/mol. The second-order valence-corrected chi connectivity index (χ2v) is 6.14. The van der Waals surface area contributed by atoms with E-state index >= 15 is 0 Å². The van der Waals surface area contributed by atoms with Gasteiger partial charge in [-0.2, -0.15) is 5.26 Å². The SMILES string of the molecule is Cc1ccc2c(N)c(C(=O)N3CCOC(C#N)C3)sc2c1. The molecule has 21 heavy (non-hydrogen) atoms. The zero-order valence-corrected chi connectivity index (χ0v) is 12.4. The summed E-state index contributed by atoms with van der Waals surface area (Å²) in [5.74, 6) is -0.116. The lowest BCUT2D eigenvalue weighted by Gasteiger charge is -2.29. The molecule has 0 spiro atoms. The fourth-order valence-electron chi connectivity index (χ4n) is 2.44. The third-order valence-corrected chi connectivity index (χ3v) is 4.73. The van der Waals surface area contributed by atoms with E-state index in [0.29, 0.717) is 30.3 Å². The third kappa shape index (κ3) is 2.46. The fourth-order valence-corrected chi connectivity index (χ4v) is 3.63. The monoisotopic (exact) mass is 301 g/mol. The largest absolute Gasteiger partial charge is 0.397 e. The number of nitriles is 1. The number of nitrogens with zero attached hydrogens (tertiary/aromatic N) is 2. The summed E-state index contributed by atoms with van der Waals surface area (Å²) in [5, 5.41) is 9.84. The van der Waals surface area contributed by atoms with Gasteiger partial charge in [0.05, 0.1) is 24.9 Å². The van der Waals surface area contributed by atoms with Crippen molar-refractivity contribution in [3.63, 3.8) is 0 Å². The highest BCUT2D eigenvalue weighted by Gasteiger charge is 2.27. The minimum Gasteiger partial charge on any atom is -0.397 e. The molecule has 0 bridgehead atoms. The molecule has 1 aliphatic heterocycles. The number of hydrogen-bond donors (Lipinski definition) is 1. The van der Waals surface area contributed by atoms with Crippen molar-refractivity contribution >= 4 is 33.0 Å². The van der Waals surface area contributed by atoms with E-state index in [1.807, 2.05) is 31.2 Å². The maximum absolute atomic E-state index is 12.6. The zero-order chi connectivity index (χ0) is 15.0. The highest BCUT2D eigenvalue weighted by molar-refractivity contribution is 7.21. The molecule has 5 nitrogen and oxygen atoms in total. The Balaban J connectivity index is 1.94. The number of benzene rings is 1. The molecule has 3 rings (SSSR count). The van der Waals surface area contributed by atoms with Gasteiger partial charge in [-0.05, 0) is 18.6 Å². The van der Waals surface area contributed by atoms with Crippen LogP contribution in [-0.2, 0) is 4.74 Å². The summed E-state index contributed by atoms with van der Waals surface area (Å²) in [6.45, 7) is 3.18. The summed E-state index contributed by atoms with van der Waals surface area (Å²) in [7, 11) is 0. The molecule has 2 N–H and O–H groups in total. The molecule has 1 saturated heterocycles. The number of carbonyl (C=O) groups excluding carboxylic acids is 1. The molecule has 1 amide bonds. The maximum Gasteiger partial charge on any atom is 0.266 e. The Labute approximate surface area is 126 Å². The van der Waals surface area contributed by atoms with Crippen LogP contribution in [0, 0.1) is 18.3 Å². The first kappa shape index (κ1) is 13.9. The number of hydrogen-bond acceptors (Lipinski definition) is 5. The first-order chi connectivity index (χ1) is 10.1. The normalized spacial score (nSPS) is 18.7. The Morgan fingerprint density at radius 2 is 2.38 bits per heavy atom. The Hall–Kier alpha value is -2.10. The Bertz CT molecular complexity index is 747. The van der Waals surface area contributed by atoms with Crippen LogP contribution in [0.15, 0.2) is 18.2 Å². The van der Waals surface area contributed by atoms with Gasteiger partial charge in [-0.25, -0.2) is 0 Å². The number of amides is 1. The van der Waals surface area contributed by atoms with Gasteiger partial charge in [0.15, 0.2) is 6.10 Å². The van der Waals surface area contributed by atoms with E-state index in [2.05, 4.69) is 0 Å². The van der Waals surface area contributed by atoms with E-state index in [1.54, 1.807) is 4.90 Å². The first-order valence-electron chi connectivity index (χ1n) is 6.69. The first-order valence-corrected chi connectivity index (χ1v) is 7.51. The smallest absolute Gasteiger partial charge is 0.266 e. The molecule has 2 aromatic rings. The number of fused-ring (bicyclic) bond motifs is 1. The van der Waals surface area contributed by atoms with Gasteiger partial charge in [0.25, 0.3) is 5.91 Å². The number of anilines is 1. The van der Waals surface area contributed by atoms with Gasteiger partial charge in [0.2, 0.25) is 0 Å². The number of thiophene rings is 1. The minimum atomic E-state index is -0.555. The summed E-state index contributed by atoms with van der Waals surface area (Å²) in [5.41, 5.74) is 7.80. The second kappa shape index (κ2) is 5.35. The molecule has 1 aliphatic rings. The van der Waals surface area contributed by atoms with Crippen molar-refractivity contribution in [1.29, 1.82) is 5.26 Å². The Kier molecular flexibility index (Phi) is 3.53. The van der Waals surface area contributed by atoms with Crippen LogP contribution >= 0.6 is 11.3 Å². The Morgan fingerprint density at radius 1 is 1.57 bits per heavy atom. The van der Waals surface area contributed by atoms with Crippen LogP contribution in [0.2, 0.25) is 0 Å². The van der Waals surface area contributed by atoms with Gasteiger partial charge in [0.1, 0.15) is 4.88 Å². The van der Waals surface area contributed by atoms with Crippen molar-refractivity contribution in [2.45, 2.75) is 13.0 Å². The van der Waals surface area contributed by atoms with E-state index < -0.39 is 6.10 Å². The predicted octanol–water partition coefficient (Wildman–Crippen LogP) is 2.16. The van der Waals surface area contributed by atoms with E-state index in [-0.39, 0.29) is 5.91 Å². The molecule has 1 aromatic heterocycles. The molecule has 0 saturated carbocycles. The van der Waals surface area contributed by atoms with Crippen LogP contribution in [0.4, 0.5) is 5.69 Å². The van der Waals surface area contributed by atoms with Crippen LogP contribution in [0.25, 0.3) is 10.1 Å². The van der Waals surface area contributed by atoms with E-state index in [4.69, 9.17) is 15.7 Å². The second-order valence-electron chi connectivity index (χ2n) is 5.08. The van der Waals surface area contributed by atoms with Crippen molar-refractivity contribution in [2.75, 3.05) is 25.4 Å². The average Bonchev–Trinajstić information content (AvgIpc) is 2.83. The molecule has 1 aromatic carbocycles. The zero-order valence-electron chi connectivity index (χ0n) is 11.6. The number of nitrogens with two attached hydrogens (primary N) is 1. The van der Waals surface area contributed by atoms with Crippen molar-refractivity contribution < 1.29 is 9.53 Å². The minimum absolute atomic E-state index is 0.116. The molecule has 1 atom stereocenters. The molecule has 2 heterocycles. The van der Waals surface area contributed by atoms with Crippen LogP contribution < -0.4 is 5.73 Å². The Morgan fingerprint density at radius 3 is 3.14 bits per heavy atom. The lowest BCUT2D eigenvalue weighted by atomic mass is 10.1. The highest BCUT2D eigenvalue weighted by Crippen LogP contribution is 2.35. The fraction of sp³-hybridized carbons (Fsp3) is 0.333. The molecule has 0 radical (unpaired) electrons. The number of nitrogen functional groups attached to an aromatic ring is 1. The molecular formula is C15H15N3O2S. The maximum atomic E-state index is 12.6. The van der Waals surface area contributed by atoms with Gasteiger partial charge in [-0.3, -0.25) is 4.79 Å².